The lowest BCUT2D eigenvalue weighted by Gasteiger charge is -2.49. The predicted molar refractivity (Wildman–Crippen MR) is 92.1 cm³/mol. The van der Waals surface area contributed by atoms with E-state index in [4.69, 9.17) is 0 Å². The third-order valence-electron chi connectivity index (χ3n) is 4.55. The summed E-state index contributed by atoms with van der Waals surface area (Å²) in [5, 5.41) is 0. The van der Waals surface area contributed by atoms with Crippen LogP contribution in [0, 0.1) is 11.3 Å². The van der Waals surface area contributed by atoms with Gasteiger partial charge in [0.15, 0.2) is 0 Å². The van der Waals surface area contributed by atoms with Gasteiger partial charge in [-0.15, -0.1) is 0 Å². The number of piperidine rings is 1. The molecule has 1 amide bonds. The van der Waals surface area contributed by atoms with Gasteiger partial charge in [0.2, 0.25) is 0 Å². The molecule has 0 aromatic carbocycles. The highest BCUT2D eigenvalue weighted by atomic mass is 127. The number of halogens is 1. The standard InChI is InChI=1S/C15H19IN2OS/c1-4-17-12-9-10(2)5-7-15(12,3)13-11(14(17)19)6-8-18(13)20-16/h5-7,9-10,13H,4,8H2,1-3H3. The van der Waals surface area contributed by atoms with Crippen molar-refractivity contribution in [1.82, 2.24) is 9.21 Å². The smallest absolute Gasteiger partial charge is 0.255 e. The van der Waals surface area contributed by atoms with Crippen molar-refractivity contribution >= 4 is 36.2 Å². The molecule has 0 N–H and O–H groups in total. The van der Waals surface area contributed by atoms with E-state index in [-0.39, 0.29) is 17.4 Å². The first kappa shape index (κ1) is 14.7. The maximum atomic E-state index is 12.8. The Morgan fingerprint density at radius 1 is 1.55 bits per heavy atom. The van der Waals surface area contributed by atoms with Crippen LogP contribution in [-0.4, -0.2) is 34.2 Å². The summed E-state index contributed by atoms with van der Waals surface area (Å²) in [7, 11) is 1.70. The molecule has 3 nitrogen and oxygen atoms in total. The fourth-order valence-corrected chi connectivity index (χ4v) is 5.28. The fraction of sp³-hybridized carbons (Fsp3) is 0.533. The summed E-state index contributed by atoms with van der Waals surface area (Å²) >= 11 is 2.32. The molecule has 0 bridgehead atoms. The Balaban J connectivity index is 2.13. The van der Waals surface area contributed by atoms with Crippen molar-refractivity contribution in [3.63, 3.8) is 0 Å². The molecular formula is C15H19IN2OS. The van der Waals surface area contributed by atoms with Crippen LogP contribution in [0.4, 0.5) is 0 Å². The number of amides is 1. The second-order valence-corrected chi connectivity index (χ2v) is 7.62. The van der Waals surface area contributed by atoms with Crippen LogP contribution in [0.2, 0.25) is 0 Å². The fourth-order valence-electron chi connectivity index (χ4n) is 3.57. The number of rotatable bonds is 2. The van der Waals surface area contributed by atoms with Crippen LogP contribution >= 0.6 is 30.3 Å². The minimum Gasteiger partial charge on any atom is -0.312 e. The van der Waals surface area contributed by atoms with E-state index >= 15 is 0 Å². The number of likely N-dealkylation sites (N-methyl/N-ethyl adjacent to an activating group) is 1. The van der Waals surface area contributed by atoms with E-state index in [0.29, 0.717) is 5.92 Å². The van der Waals surface area contributed by atoms with Crippen molar-refractivity contribution < 1.29 is 4.79 Å². The van der Waals surface area contributed by atoms with Crippen LogP contribution in [0.3, 0.4) is 0 Å². The summed E-state index contributed by atoms with van der Waals surface area (Å²) in [6.07, 6.45) is 8.94. The van der Waals surface area contributed by atoms with Gasteiger partial charge in [-0.3, -0.25) is 4.79 Å². The van der Waals surface area contributed by atoms with Crippen LogP contribution in [0.1, 0.15) is 20.8 Å². The Kier molecular flexibility index (Phi) is 3.79. The molecule has 20 heavy (non-hydrogen) atoms. The molecule has 0 saturated carbocycles. The summed E-state index contributed by atoms with van der Waals surface area (Å²) < 4.78 is 2.31. The molecule has 3 aliphatic rings. The molecule has 2 heterocycles. The van der Waals surface area contributed by atoms with Crippen molar-refractivity contribution in [2.75, 3.05) is 13.1 Å². The molecule has 0 aromatic heterocycles. The van der Waals surface area contributed by atoms with Gasteiger partial charge in [0.25, 0.3) is 5.91 Å². The minimum atomic E-state index is -0.100. The van der Waals surface area contributed by atoms with E-state index in [1.807, 2.05) is 4.90 Å². The maximum absolute atomic E-state index is 12.8. The maximum Gasteiger partial charge on any atom is 0.255 e. The van der Waals surface area contributed by atoms with Gasteiger partial charge >= 0.3 is 0 Å². The Hall–Kier alpha value is -0.270. The van der Waals surface area contributed by atoms with Gasteiger partial charge in [-0.1, -0.05) is 31.2 Å². The molecule has 3 rings (SSSR count). The lowest BCUT2D eigenvalue weighted by Crippen LogP contribution is -2.55. The molecule has 0 radical (unpaired) electrons. The first-order valence-electron chi connectivity index (χ1n) is 7.01. The highest BCUT2D eigenvalue weighted by molar-refractivity contribution is 14.2. The normalized spacial score (nSPS) is 36.6. The highest BCUT2D eigenvalue weighted by Crippen LogP contribution is 2.51. The van der Waals surface area contributed by atoms with Gasteiger partial charge in [-0.05, 0) is 28.9 Å². The largest absolute Gasteiger partial charge is 0.312 e. The number of hydrogen-bond acceptors (Lipinski definition) is 3. The van der Waals surface area contributed by atoms with Crippen LogP contribution in [-0.2, 0) is 4.79 Å². The number of nitrogens with zero attached hydrogens (tertiary/aromatic N) is 2. The van der Waals surface area contributed by atoms with Gasteiger partial charge in [0.05, 0.1) is 6.04 Å². The zero-order valence-electron chi connectivity index (χ0n) is 12.0. The van der Waals surface area contributed by atoms with E-state index in [2.05, 4.69) is 70.6 Å². The molecule has 3 unspecified atom stereocenters. The summed E-state index contributed by atoms with van der Waals surface area (Å²) in [5.74, 6) is 0.587. The monoisotopic (exact) mass is 402 g/mol. The lowest BCUT2D eigenvalue weighted by molar-refractivity contribution is -0.128. The average Bonchev–Trinajstić information content (AvgIpc) is 2.87. The van der Waals surface area contributed by atoms with Gasteiger partial charge in [0.1, 0.15) is 0 Å². The van der Waals surface area contributed by atoms with Crippen LogP contribution in [0.15, 0.2) is 35.6 Å². The Morgan fingerprint density at radius 2 is 2.30 bits per heavy atom. The number of fused-ring (bicyclic) bond motifs is 3. The quantitative estimate of drug-likeness (QED) is 0.401. The van der Waals surface area contributed by atoms with Crippen molar-refractivity contribution in [3.8, 4) is 0 Å². The first-order chi connectivity index (χ1) is 9.52. The number of likely N-dealkylation sites (tertiary alicyclic amines) is 1. The van der Waals surface area contributed by atoms with E-state index in [0.717, 1.165) is 18.7 Å². The van der Waals surface area contributed by atoms with Crippen molar-refractivity contribution in [2.24, 2.45) is 11.3 Å². The summed E-state index contributed by atoms with van der Waals surface area (Å²) in [4.78, 5) is 14.7. The molecule has 5 heteroatoms. The molecular weight excluding hydrogens is 383 g/mol. The molecule has 1 aliphatic carbocycles. The summed E-state index contributed by atoms with van der Waals surface area (Å²) in [6, 6.07) is 0.162. The Morgan fingerprint density at radius 3 is 2.95 bits per heavy atom. The molecule has 0 spiro atoms. The minimum absolute atomic E-state index is 0.100. The molecule has 1 fully saturated rings. The van der Waals surface area contributed by atoms with Gasteiger partial charge < -0.3 is 4.90 Å². The van der Waals surface area contributed by atoms with E-state index < -0.39 is 0 Å². The molecule has 0 aromatic rings. The van der Waals surface area contributed by atoms with Crippen molar-refractivity contribution in [1.29, 1.82) is 0 Å². The van der Waals surface area contributed by atoms with E-state index in [1.54, 1.807) is 9.12 Å². The first-order valence-corrected chi connectivity index (χ1v) is 10.3. The number of carbonyl (C=O) groups is 1. The van der Waals surface area contributed by atoms with Crippen LogP contribution < -0.4 is 0 Å². The highest BCUT2D eigenvalue weighted by Gasteiger charge is 2.53. The topological polar surface area (TPSA) is 23.6 Å². The Labute approximate surface area is 136 Å². The average molecular weight is 402 g/mol. The molecule has 1 saturated heterocycles. The van der Waals surface area contributed by atoms with Gasteiger partial charge in [0, 0.05) is 51.0 Å². The second kappa shape index (κ2) is 5.18. The zero-order valence-corrected chi connectivity index (χ0v) is 14.9. The van der Waals surface area contributed by atoms with Crippen molar-refractivity contribution in [3.05, 3.63) is 35.6 Å². The Bertz CT molecular complexity index is 542. The van der Waals surface area contributed by atoms with Gasteiger partial charge in [-0.25, -0.2) is 4.31 Å². The van der Waals surface area contributed by atoms with E-state index in [9.17, 15) is 4.79 Å². The lowest BCUT2D eigenvalue weighted by atomic mass is 9.69. The zero-order chi connectivity index (χ0) is 14.5. The third kappa shape index (κ3) is 1.93. The third-order valence-corrected chi connectivity index (χ3v) is 6.60. The van der Waals surface area contributed by atoms with Crippen LogP contribution in [0.5, 0.6) is 0 Å². The molecule has 3 atom stereocenters. The number of allylic oxidation sites excluding steroid dienone is 2. The molecule has 2 aliphatic heterocycles. The van der Waals surface area contributed by atoms with Crippen molar-refractivity contribution in [2.45, 2.75) is 26.8 Å². The predicted octanol–water partition coefficient (Wildman–Crippen LogP) is 3.55. The number of hydrogen-bond donors (Lipinski definition) is 0. The SMILES string of the molecule is CCN1C(=O)C2=CCN(SI)C2C2(C)C=CC(C)C=C12. The van der Waals surface area contributed by atoms with Crippen LogP contribution in [0.25, 0.3) is 0 Å². The molecule has 108 valence electrons. The number of carbonyl (C=O) groups excluding carboxylic acids is 1. The second-order valence-electron chi connectivity index (χ2n) is 5.83. The summed E-state index contributed by atoms with van der Waals surface area (Å²) in [6.45, 7) is 8.08. The summed E-state index contributed by atoms with van der Waals surface area (Å²) in [5.41, 5.74) is 2.05. The van der Waals surface area contributed by atoms with Gasteiger partial charge in [-0.2, -0.15) is 0 Å². The van der Waals surface area contributed by atoms with E-state index in [1.165, 1.54) is 5.70 Å².